The fourth-order valence-corrected chi connectivity index (χ4v) is 3.83. The quantitative estimate of drug-likeness (QED) is 0.706. The Hall–Kier alpha value is -2.69. The summed E-state index contributed by atoms with van der Waals surface area (Å²) in [7, 11) is 3.24. The van der Waals surface area contributed by atoms with E-state index in [1.165, 1.54) is 24.0 Å². The molecular formula is C24H31NO4. The number of carbonyl (C=O) groups excluding carboxylic acids is 1. The molecule has 156 valence electrons. The number of hydrogen-bond acceptors (Lipinski definition) is 4. The first kappa shape index (κ1) is 21.0. The summed E-state index contributed by atoms with van der Waals surface area (Å²) in [5.41, 5.74) is 3.61. The molecule has 0 aliphatic heterocycles. The van der Waals surface area contributed by atoms with Crippen LogP contribution >= 0.6 is 0 Å². The Balaban J connectivity index is 1.70. The molecule has 1 amide bonds. The van der Waals surface area contributed by atoms with E-state index in [4.69, 9.17) is 14.2 Å². The Morgan fingerprint density at radius 3 is 2.41 bits per heavy atom. The zero-order valence-corrected chi connectivity index (χ0v) is 17.8. The van der Waals surface area contributed by atoms with Crippen LogP contribution in [0.15, 0.2) is 36.4 Å². The van der Waals surface area contributed by atoms with Crippen LogP contribution in [0.3, 0.4) is 0 Å². The van der Waals surface area contributed by atoms with Crippen molar-refractivity contribution < 1.29 is 19.0 Å². The average Bonchev–Trinajstić information content (AvgIpc) is 2.76. The monoisotopic (exact) mass is 397 g/mol. The Morgan fingerprint density at radius 2 is 1.72 bits per heavy atom. The Morgan fingerprint density at radius 1 is 1.00 bits per heavy atom. The van der Waals surface area contributed by atoms with Gasteiger partial charge in [-0.3, -0.25) is 4.79 Å². The van der Waals surface area contributed by atoms with Gasteiger partial charge in [-0.1, -0.05) is 13.0 Å². The van der Waals surface area contributed by atoms with Crippen molar-refractivity contribution in [1.29, 1.82) is 0 Å². The second-order valence-corrected chi connectivity index (χ2v) is 7.49. The van der Waals surface area contributed by atoms with Gasteiger partial charge in [0.1, 0.15) is 17.2 Å². The van der Waals surface area contributed by atoms with E-state index >= 15 is 0 Å². The van der Waals surface area contributed by atoms with Crippen LogP contribution in [-0.4, -0.2) is 26.2 Å². The van der Waals surface area contributed by atoms with E-state index in [-0.39, 0.29) is 11.9 Å². The average molecular weight is 398 g/mol. The van der Waals surface area contributed by atoms with E-state index in [0.29, 0.717) is 12.2 Å². The highest BCUT2D eigenvalue weighted by molar-refractivity contribution is 5.81. The minimum atomic E-state index is -0.546. The number of rotatable bonds is 8. The summed E-state index contributed by atoms with van der Waals surface area (Å²) in [5, 5.41) is 3.06. The van der Waals surface area contributed by atoms with Crippen LogP contribution in [-0.2, 0) is 17.6 Å². The molecule has 5 nitrogen and oxygen atoms in total. The molecule has 0 unspecified atom stereocenters. The molecule has 2 atom stereocenters. The van der Waals surface area contributed by atoms with Crippen LogP contribution in [0.2, 0.25) is 0 Å². The third-order valence-electron chi connectivity index (χ3n) is 5.52. The first-order valence-corrected chi connectivity index (χ1v) is 10.4. The lowest BCUT2D eigenvalue weighted by molar-refractivity contribution is -0.128. The van der Waals surface area contributed by atoms with E-state index in [2.05, 4.69) is 17.4 Å². The van der Waals surface area contributed by atoms with Crippen molar-refractivity contribution in [3.05, 3.63) is 53.1 Å². The molecule has 5 heteroatoms. The lowest BCUT2D eigenvalue weighted by atomic mass is 9.92. The molecule has 1 N–H and O–H groups in total. The fraction of sp³-hybridized carbons (Fsp3) is 0.458. The highest BCUT2D eigenvalue weighted by Crippen LogP contribution is 2.30. The van der Waals surface area contributed by atoms with E-state index in [1.54, 1.807) is 14.2 Å². The molecule has 0 heterocycles. The number of carbonyl (C=O) groups is 1. The summed E-state index contributed by atoms with van der Waals surface area (Å²) in [6.45, 7) is 3.89. The maximum atomic E-state index is 12.9. The molecule has 0 saturated heterocycles. The molecule has 0 aromatic heterocycles. The largest absolute Gasteiger partial charge is 0.497 e. The summed E-state index contributed by atoms with van der Waals surface area (Å²) in [4.78, 5) is 12.9. The van der Waals surface area contributed by atoms with Crippen molar-refractivity contribution in [2.24, 2.45) is 0 Å². The van der Waals surface area contributed by atoms with Crippen LogP contribution < -0.4 is 19.5 Å². The molecule has 0 radical (unpaired) electrons. The molecule has 0 saturated carbocycles. The summed E-state index contributed by atoms with van der Waals surface area (Å²) >= 11 is 0. The van der Waals surface area contributed by atoms with E-state index in [0.717, 1.165) is 29.9 Å². The van der Waals surface area contributed by atoms with Crippen molar-refractivity contribution in [2.75, 3.05) is 14.2 Å². The Kier molecular flexibility index (Phi) is 7.02. The zero-order valence-electron chi connectivity index (χ0n) is 17.8. The maximum absolute atomic E-state index is 12.9. The molecule has 1 aliphatic rings. The van der Waals surface area contributed by atoms with Crippen molar-refractivity contribution in [2.45, 2.75) is 58.1 Å². The first-order valence-electron chi connectivity index (χ1n) is 10.4. The Labute approximate surface area is 173 Å². The van der Waals surface area contributed by atoms with Crippen LogP contribution in [0.5, 0.6) is 17.2 Å². The lowest BCUT2D eigenvalue weighted by Crippen LogP contribution is -2.39. The van der Waals surface area contributed by atoms with Gasteiger partial charge in [-0.25, -0.2) is 0 Å². The van der Waals surface area contributed by atoms with Crippen LogP contribution in [0, 0.1) is 0 Å². The van der Waals surface area contributed by atoms with E-state index < -0.39 is 6.10 Å². The number of nitrogens with one attached hydrogen (secondary N) is 1. The Bertz CT molecular complexity index is 849. The number of benzene rings is 2. The number of ether oxygens (including phenoxy) is 3. The third kappa shape index (κ3) is 5.03. The van der Waals surface area contributed by atoms with Crippen LogP contribution in [0.4, 0.5) is 0 Å². The molecule has 3 rings (SSSR count). The van der Waals surface area contributed by atoms with E-state index in [1.807, 2.05) is 38.1 Å². The summed E-state index contributed by atoms with van der Waals surface area (Å²) in [6, 6.07) is 11.5. The highest BCUT2D eigenvalue weighted by Gasteiger charge is 2.23. The standard InChI is InChI=1S/C24H31NO4/c1-5-22(29-20-11-10-17-8-6-7-9-18(17)14-20)24(26)25-16(2)21-15-19(27-3)12-13-23(21)28-4/h10-16,22H,5-9H2,1-4H3,(H,25,26)/t16-,22-/m0/s1. The van der Waals surface area contributed by atoms with Gasteiger partial charge in [0, 0.05) is 5.56 Å². The van der Waals surface area contributed by atoms with E-state index in [9.17, 15) is 4.79 Å². The molecule has 29 heavy (non-hydrogen) atoms. The van der Waals surface area contributed by atoms with Crippen LogP contribution in [0.1, 0.15) is 55.8 Å². The van der Waals surface area contributed by atoms with Gasteiger partial charge in [0.2, 0.25) is 0 Å². The van der Waals surface area contributed by atoms with Gasteiger partial charge in [-0.05, 0) is 80.5 Å². The minimum absolute atomic E-state index is 0.136. The van der Waals surface area contributed by atoms with Gasteiger partial charge >= 0.3 is 0 Å². The molecule has 0 fully saturated rings. The van der Waals surface area contributed by atoms with Crippen molar-refractivity contribution in [1.82, 2.24) is 5.32 Å². The van der Waals surface area contributed by atoms with Crippen LogP contribution in [0.25, 0.3) is 0 Å². The SMILES string of the molecule is CC[C@H](Oc1ccc2c(c1)CCCC2)C(=O)N[C@@H](C)c1cc(OC)ccc1OC. The minimum Gasteiger partial charge on any atom is -0.497 e. The van der Waals surface area contributed by atoms with Gasteiger partial charge in [0.05, 0.1) is 20.3 Å². The molecule has 0 spiro atoms. The number of amides is 1. The second-order valence-electron chi connectivity index (χ2n) is 7.49. The van der Waals surface area contributed by atoms with Crippen molar-refractivity contribution in [3.8, 4) is 17.2 Å². The zero-order chi connectivity index (χ0) is 20.8. The highest BCUT2D eigenvalue weighted by atomic mass is 16.5. The fourth-order valence-electron chi connectivity index (χ4n) is 3.83. The van der Waals surface area contributed by atoms with Crippen molar-refractivity contribution >= 4 is 5.91 Å². The lowest BCUT2D eigenvalue weighted by Gasteiger charge is -2.23. The normalized spacial score (nSPS) is 15.0. The topological polar surface area (TPSA) is 56.8 Å². The number of aryl methyl sites for hydroxylation is 2. The molecule has 2 aromatic carbocycles. The second kappa shape index (κ2) is 9.68. The van der Waals surface area contributed by atoms with Gasteiger partial charge in [0.25, 0.3) is 5.91 Å². The predicted molar refractivity (Wildman–Crippen MR) is 114 cm³/mol. The molecular weight excluding hydrogens is 366 g/mol. The molecule has 1 aliphatic carbocycles. The summed E-state index contributed by atoms with van der Waals surface area (Å²) in [6.07, 6.45) is 4.73. The maximum Gasteiger partial charge on any atom is 0.261 e. The smallest absolute Gasteiger partial charge is 0.261 e. The number of fused-ring (bicyclic) bond motifs is 1. The number of hydrogen-bond donors (Lipinski definition) is 1. The van der Waals surface area contributed by atoms with Gasteiger partial charge < -0.3 is 19.5 Å². The van der Waals surface area contributed by atoms with Gasteiger partial charge in [-0.2, -0.15) is 0 Å². The first-order chi connectivity index (χ1) is 14.0. The summed E-state index contributed by atoms with van der Waals surface area (Å²) in [5.74, 6) is 2.06. The number of methoxy groups -OCH3 is 2. The third-order valence-corrected chi connectivity index (χ3v) is 5.52. The summed E-state index contributed by atoms with van der Waals surface area (Å²) < 4.78 is 16.8. The van der Waals surface area contributed by atoms with Gasteiger partial charge in [0.15, 0.2) is 6.10 Å². The molecule has 0 bridgehead atoms. The molecule has 2 aromatic rings. The van der Waals surface area contributed by atoms with Gasteiger partial charge in [-0.15, -0.1) is 0 Å². The predicted octanol–water partition coefficient (Wildman–Crippen LogP) is 4.62. The van der Waals surface area contributed by atoms with Crippen molar-refractivity contribution in [3.63, 3.8) is 0 Å².